The third kappa shape index (κ3) is 4.68. The zero-order chi connectivity index (χ0) is 17.7. The molecule has 24 heavy (non-hydrogen) atoms. The molecule has 0 saturated carbocycles. The molecule has 1 unspecified atom stereocenters. The highest BCUT2D eigenvalue weighted by Crippen LogP contribution is 2.28. The van der Waals surface area contributed by atoms with E-state index in [4.69, 9.17) is 11.6 Å². The van der Waals surface area contributed by atoms with E-state index in [0.29, 0.717) is 11.7 Å². The highest BCUT2D eigenvalue weighted by atomic mass is 35.5. The summed E-state index contributed by atoms with van der Waals surface area (Å²) in [6.45, 7) is 2.57. The van der Waals surface area contributed by atoms with E-state index in [1.54, 1.807) is 0 Å². The molecule has 0 aliphatic carbocycles. The molecular weight excluding hydrogens is 356 g/mol. The smallest absolute Gasteiger partial charge is 0.271 e. The Bertz CT molecular complexity index is 710. The molecule has 0 spiro atoms. The van der Waals surface area contributed by atoms with Crippen molar-refractivity contribution in [2.75, 3.05) is 11.9 Å². The van der Waals surface area contributed by atoms with E-state index in [1.807, 2.05) is 6.92 Å². The number of non-ortho nitro benzene ring substituents is 1. The molecule has 2 rings (SSSR count). The predicted molar refractivity (Wildman–Crippen MR) is 93.5 cm³/mol. The van der Waals surface area contributed by atoms with Gasteiger partial charge in [-0.3, -0.25) is 24.7 Å². The van der Waals surface area contributed by atoms with Crippen molar-refractivity contribution in [2.45, 2.75) is 25.0 Å². The molecule has 1 atom stereocenters. The van der Waals surface area contributed by atoms with Crippen LogP contribution in [0.25, 0.3) is 0 Å². The second-order valence-electron chi connectivity index (χ2n) is 4.96. The molecule has 10 heteroatoms. The Kier molecular flexibility index (Phi) is 6.16. The lowest BCUT2D eigenvalue weighted by atomic mass is 10.2. The number of carbonyl (C=O) groups is 2. The number of aliphatic imine (C=N–C) groups is 1. The summed E-state index contributed by atoms with van der Waals surface area (Å²) in [7, 11) is 0. The second-order valence-corrected chi connectivity index (χ2v) is 6.55. The van der Waals surface area contributed by atoms with Gasteiger partial charge >= 0.3 is 0 Å². The first-order valence-corrected chi connectivity index (χ1v) is 8.42. The van der Waals surface area contributed by atoms with Crippen molar-refractivity contribution >= 4 is 51.7 Å². The van der Waals surface area contributed by atoms with Crippen LogP contribution in [0.1, 0.15) is 19.8 Å². The Balaban J connectivity index is 2.00. The number of rotatable bonds is 6. The Morgan fingerprint density at radius 2 is 2.29 bits per heavy atom. The number of nitrogens with one attached hydrogen (secondary N) is 2. The summed E-state index contributed by atoms with van der Waals surface area (Å²) < 4.78 is 0. The number of amides is 2. The monoisotopic (exact) mass is 370 g/mol. The van der Waals surface area contributed by atoms with Gasteiger partial charge in [0.1, 0.15) is 5.25 Å². The molecule has 8 nitrogen and oxygen atoms in total. The average Bonchev–Trinajstić information content (AvgIpc) is 2.87. The first-order valence-electron chi connectivity index (χ1n) is 7.16. The Hall–Kier alpha value is -2.13. The molecule has 1 aliphatic rings. The minimum atomic E-state index is -0.585. The minimum Gasteiger partial charge on any atom is -0.325 e. The summed E-state index contributed by atoms with van der Waals surface area (Å²) in [5, 5.41) is 16.0. The summed E-state index contributed by atoms with van der Waals surface area (Å²) in [5.41, 5.74) is -0.0455. The molecule has 1 aromatic rings. The van der Waals surface area contributed by atoms with Gasteiger partial charge in [-0.1, -0.05) is 30.3 Å². The lowest BCUT2D eigenvalue weighted by Gasteiger charge is -2.08. The molecule has 1 saturated heterocycles. The lowest BCUT2D eigenvalue weighted by molar-refractivity contribution is -0.384. The van der Waals surface area contributed by atoms with Crippen LogP contribution in [0.15, 0.2) is 23.2 Å². The maximum absolute atomic E-state index is 12.1. The molecule has 128 valence electrons. The van der Waals surface area contributed by atoms with Crippen LogP contribution in [0.5, 0.6) is 0 Å². The molecule has 2 N–H and O–H groups in total. The Morgan fingerprint density at radius 1 is 1.54 bits per heavy atom. The number of benzene rings is 1. The van der Waals surface area contributed by atoms with Gasteiger partial charge < -0.3 is 10.6 Å². The van der Waals surface area contributed by atoms with Crippen LogP contribution in [0.4, 0.5) is 11.4 Å². The quantitative estimate of drug-likeness (QED) is 0.590. The first-order chi connectivity index (χ1) is 11.4. The van der Waals surface area contributed by atoms with Crippen molar-refractivity contribution in [3.8, 4) is 0 Å². The van der Waals surface area contributed by atoms with Gasteiger partial charge in [0.2, 0.25) is 11.8 Å². The summed E-state index contributed by atoms with van der Waals surface area (Å²) in [4.78, 5) is 38.3. The van der Waals surface area contributed by atoms with Crippen molar-refractivity contribution in [1.82, 2.24) is 5.32 Å². The maximum atomic E-state index is 12.1. The van der Waals surface area contributed by atoms with Gasteiger partial charge in [-0.25, -0.2) is 0 Å². The average molecular weight is 371 g/mol. The number of carbonyl (C=O) groups excluding carboxylic acids is 2. The topological polar surface area (TPSA) is 114 Å². The van der Waals surface area contributed by atoms with Gasteiger partial charge in [-0.2, -0.15) is 0 Å². The molecule has 1 heterocycles. The predicted octanol–water partition coefficient (Wildman–Crippen LogP) is 2.57. The number of amidine groups is 1. The van der Waals surface area contributed by atoms with Gasteiger partial charge in [0.25, 0.3) is 5.69 Å². The van der Waals surface area contributed by atoms with E-state index in [1.165, 1.54) is 30.0 Å². The summed E-state index contributed by atoms with van der Waals surface area (Å²) in [6.07, 6.45) is 0.775. The standard InChI is InChI=1S/C14H15ClN4O4S/c1-2-5-16-14-18-13(21)11(24-14)7-12(20)17-10-6-8(19(22)23)3-4-9(10)15/h3-4,6,11H,2,5,7H2,1H3,(H,17,20)(H,16,18,21). The maximum Gasteiger partial charge on any atom is 0.271 e. The summed E-state index contributed by atoms with van der Waals surface area (Å²) >= 11 is 7.13. The van der Waals surface area contributed by atoms with Gasteiger partial charge in [0.15, 0.2) is 5.17 Å². The molecule has 0 bridgehead atoms. The number of nitro groups is 1. The van der Waals surface area contributed by atoms with E-state index in [-0.39, 0.29) is 28.7 Å². The Morgan fingerprint density at radius 3 is 2.96 bits per heavy atom. The zero-order valence-electron chi connectivity index (χ0n) is 12.7. The number of hydrogen-bond acceptors (Lipinski definition) is 6. The second kappa shape index (κ2) is 8.11. The fourth-order valence-corrected chi connectivity index (χ4v) is 3.08. The van der Waals surface area contributed by atoms with Crippen molar-refractivity contribution in [1.29, 1.82) is 0 Å². The lowest BCUT2D eigenvalue weighted by Crippen LogP contribution is -2.28. The van der Waals surface area contributed by atoms with Crippen LogP contribution >= 0.6 is 23.4 Å². The van der Waals surface area contributed by atoms with Crippen molar-refractivity contribution in [3.63, 3.8) is 0 Å². The molecular formula is C14H15ClN4O4S. The molecule has 1 aliphatic heterocycles. The third-order valence-corrected chi connectivity index (χ3v) is 4.51. The molecule has 1 aromatic carbocycles. The Labute approximate surface area is 147 Å². The van der Waals surface area contributed by atoms with Crippen LogP contribution in [0, 0.1) is 10.1 Å². The van der Waals surface area contributed by atoms with Gasteiger partial charge in [-0.15, -0.1) is 0 Å². The fourth-order valence-electron chi connectivity index (χ4n) is 1.92. The summed E-state index contributed by atoms with van der Waals surface area (Å²) in [5.74, 6) is -0.739. The van der Waals surface area contributed by atoms with Crippen LogP contribution in [0.2, 0.25) is 5.02 Å². The van der Waals surface area contributed by atoms with Gasteiger partial charge in [0.05, 0.1) is 15.6 Å². The number of hydrogen-bond donors (Lipinski definition) is 2. The highest BCUT2D eigenvalue weighted by molar-refractivity contribution is 8.15. The summed E-state index contributed by atoms with van der Waals surface area (Å²) in [6, 6.07) is 3.76. The normalized spacial score (nSPS) is 18.5. The van der Waals surface area contributed by atoms with E-state index in [0.717, 1.165) is 6.42 Å². The van der Waals surface area contributed by atoms with Crippen molar-refractivity contribution in [3.05, 3.63) is 33.3 Å². The number of thioether (sulfide) groups is 1. The number of nitrogens with zero attached hydrogens (tertiary/aromatic N) is 2. The van der Waals surface area contributed by atoms with Crippen molar-refractivity contribution in [2.24, 2.45) is 4.99 Å². The fraction of sp³-hybridized carbons (Fsp3) is 0.357. The molecule has 0 aromatic heterocycles. The van der Waals surface area contributed by atoms with Crippen LogP contribution in [-0.2, 0) is 9.59 Å². The van der Waals surface area contributed by atoms with Crippen LogP contribution in [0.3, 0.4) is 0 Å². The highest BCUT2D eigenvalue weighted by Gasteiger charge is 2.32. The minimum absolute atomic E-state index is 0.0827. The van der Waals surface area contributed by atoms with E-state index in [9.17, 15) is 19.7 Å². The van der Waals surface area contributed by atoms with E-state index in [2.05, 4.69) is 15.6 Å². The van der Waals surface area contributed by atoms with Crippen molar-refractivity contribution < 1.29 is 14.5 Å². The molecule has 2 amide bonds. The number of anilines is 1. The van der Waals surface area contributed by atoms with Gasteiger partial charge in [-0.05, 0) is 12.5 Å². The SMILES string of the molecule is CCCN=C1NC(=O)C(CC(=O)Nc2cc([N+](=O)[O-])ccc2Cl)S1. The largest absolute Gasteiger partial charge is 0.325 e. The van der Waals surface area contributed by atoms with Crippen LogP contribution in [-0.4, -0.2) is 33.7 Å². The molecule has 1 fully saturated rings. The van der Waals surface area contributed by atoms with E-state index >= 15 is 0 Å². The number of nitro benzene ring substituents is 1. The zero-order valence-corrected chi connectivity index (χ0v) is 14.3. The van der Waals surface area contributed by atoms with Gasteiger partial charge in [0, 0.05) is 25.1 Å². The third-order valence-electron chi connectivity index (χ3n) is 3.06. The molecule has 0 radical (unpaired) electrons. The first kappa shape index (κ1) is 18.2. The van der Waals surface area contributed by atoms with Crippen LogP contribution < -0.4 is 10.6 Å². The van der Waals surface area contributed by atoms with E-state index < -0.39 is 16.1 Å². The number of halogens is 1.